The van der Waals surface area contributed by atoms with Gasteiger partial charge >= 0.3 is 5.69 Å². The van der Waals surface area contributed by atoms with Crippen molar-refractivity contribution in [2.24, 2.45) is 0 Å². The van der Waals surface area contributed by atoms with Gasteiger partial charge in [0.05, 0.1) is 13.2 Å². The summed E-state index contributed by atoms with van der Waals surface area (Å²) >= 11 is 0. The summed E-state index contributed by atoms with van der Waals surface area (Å²) in [6.45, 7) is 1.50. The van der Waals surface area contributed by atoms with Crippen LogP contribution in [-0.2, 0) is 17.8 Å². The molecule has 0 fully saturated rings. The second-order valence-corrected chi connectivity index (χ2v) is 6.68. The van der Waals surface area contributed by atoms with Crippen molar-refractivity contribution in [2.45, 2.75) is 26.0 Å². The topological polar surface area (TPSA) is 98.4 Å². The first-order chi connectivity index (χ1) is 14.0. The van der Waals surface area contributed by atoms with Gasteiger partial charge in [0.1, 0.15) is 23.8 Å². The first kappa shape index (κ1) is 20.3. The number of rotatable bonds is 8. The number of para-hydroxylation sites is 2. The lowest BCUT2D eigenvalue weighted by molar-refractivity contribution is -0.122. The molecule has 1 heterocycles. The highest BCUT2D eigenvalue weighted by Gasteiger charge is 2.19. The molecular formula is C21H24N4O4. The molecule has 0 radical (unpaired) electrons. The van der Waals surface area contributed by atoms with Crippen LogP contribution in [0.2, 0.25) is 0 Å². The number of hydrogen-bond acceptors (Lipinski definition) is 5. The van der Waals surface area contributed by atoms with Gasteiger partial charge in [0, 0.05) is 13.0 Å². The SMILES string of the molecule is COc1ccccc1-n1nc(Cc2ccccc2)n(CC(=O)NCC(C)O)c1=O. The quantitative estimate of drug-likeness (QED) is 0.595. The Hall–Kier alpha value is -3.39. The molecule has 0 aliphatic carbocycles. The van der Waals surface area contributed by atoms with Crippen LogP contribution in [-0.4, -0.2) is 45.1 Å². The Kier molecular flexibility index (Phi) is 6.46. The molecule has 1 aromatic heterocycles. The summed E-state index contributed by atoms with van der Waals surface area (Å²) in [5, 5.41) is 16.5. The van der Waals surface area contributed by atoms with E-state index in [0.29, 0.717) is 23.7 Å². The normalized spacial score (nSPS) is 11.8. The Bertz CT molecular complexity index is 1020. The van der Waals surface area contributed by atoms with Gasteiger partial charge in [-0.3, -0.25) is 9.36 Å². The monoisotopic (exact) mass is 396 g/mol. The highest BCUT2D eigenvalue weighted by atomic mass is 16.5. The maximum Gasteiger partial charge on any atom is 0.351 e. The van der Waals surface area contributed by atoms with Crippen molar-refractivity contribution in [3.63, 3.8) is 0 Å². The van der Waals surface area contributed by atoms with Crippen LogP contribution in [0.3, 0.4) is 0 Å². The molecule has 0 saturated heterocycles. The fourth-order valence-corrected chi connectivity index (χ4v) is 2.93. The minimum Gasteiger partial charge on any atom is -0.494 e. The first-order valence-corrected chi connectivity index (χ1v) is 9.30. The number of carbonyl (C=O) groups is 1. The standard InChI is InChI=1S/C21H24N4O4/c1-15(26)13-22-20(27)14-24-19(12-16-8-4-3-5-9-16)23-25(21(24)28)17-10-6-7-11-18(17)29-2/h3-11,15,26H,12-14H2,1-2H3,(H,22,27). The number of aliphatic hydroxyl groups is 1. The van der Waals surface area contributed by atoms with E-state index in [0.717, 1.165) is 5.56 Å². The molecule has 8 heteroatoms. The lowest BCUT2D eigenvalue weighted by atomic mass is 10.1. The number of nitrogens with one attached hydrogen (secondary N) is 1. The van der Waals surface area contributed by atoms with Gasteiger partial charge in [-0.15, -0.1) is 5.10 Å². The average molecular weight is 396 g/mol. The van der Waals surface area contributed by atoms with E-state index >= 15 is 0 Å². The van der Waals surface area contributed by atoms with Crippen LogP contribution in [0.15, 0.2) is 59.4 Å². The Balaban J connectivity index is 2.01. The third-order valence-corrected chi connectivity index (χ3v) is 4.35. The first-order valence-electron chi connectivity index (χ1n) is 9.30. The largest absolute Gasteiger partial charge is 0.494 e. The lowest BCUT2D eigenvalue weighted by Gasteiger charge is -2.08. The lowest BCUT2D eigenvalue weighted by Crippen LogP contribution is -2.36. The molecule has 3 aromatic rings. The molecule has 0 spiro atoms. The van der Waals surface area contributed by atoms with Gasteiger partial charge in [-0.2, -0.15) is 4.68 Å². The van der Waals surface area contributed by atoms with Gasteiger partial charge in [-0.1, -0.05) is 42.5 Å². The van der Waals surface area contributed by atoms with Gasteiger partial charge in [-0.05, 0) is 24.6 Å². The van der Waals surface area contributed by atoms with Crippen LogP contribution in [0.4, 0.5) is 0 Å². The number of nitrogens with zero attached hydrogens (tertiary/aromatic N) is 3. The van der Waals surface area contributed by atoms with Crippen LogP contribution in [0.1, 0.15) is 18.3 Å². The van der Waals surface area contributed by atoms with Crippen molar-refractivity contribution in [1.29, 1.82) is 0 Å². The number of ether oxygens (including phenoxy) is 1. The van der Waals surface area contributed by atoms with E-state index in [2.05, 4.69) is 10.4 Å². The molecule has 0 saturated carbocycles. The maximum absolute atomic E-state index is 13.1. The van der Waals surface area contributed by atoms with Crippen LogP contribution < -0.4 is 15.7 Å². The number of carbonyl (C=O) groups excluding carboxylic acids is 1. The van der Waals surface area contributed by atoms with Crippen LogP contribution in [0.5, 0.6) is 5.75 Å². The van der Waals surface area contributed by atoms with Gasteiger partial charge < -0.3 is 15.2 Å². The summed E-state index contributed by atoms with van der Waals surface area (Å²) in [6, 6.07) is 16.7. The number of aromatic nitrogens is 3. The Labute approximate surface area is 168 Å². The van der Waals surface area contributed by atoms with Crippen molar-refractivity contribution in [3.05, 3.63) is 76.5 Å². The number of methoxy groups -OCH3 is 1. The number of hydrogen-bond donors (Lipinski definition) is 2. The molecule has 1 unspecified atom stereocenters. The molecule has 2 N–H and O–H groups in total. The smallest absolute Gasteiger partial charge is 0.351 e. The molecule has 8 nitrogen and oxygen atoms in total. The van der Waals surface area contributed by atoms with Crippen molar-refractivity contribution in [2.75, 3.05) is 13.7 Å². The third-order valence-electron chi connectivity index (χ3n) is 4.35. The summed E-state index contributed by atoms with van der Waals surface area (Å²) in [7, 11) is 1.52. The summed E-state index contributed by atoms with van der Waals surface area (Å²) in [5.41, 5.74) is 1.03. The number of amides is 1. The summed E-state index contributed by atoms with van der Waals surface area (Å²) in [4.78, 5) is 25.4. The zero-order valence-corrected chi connectivity index (χ0v) is 16.4. The van der Waals surface area contributed by atoms with Crippen molar-refractivity contribution in [3.8, 4) is 11.4 Å². The van der Waals surface area contributed by atoms with Gasteiger partial charge in [0.2, 0.25) is 5.91 Å². The van der Waals surface area contributed by atoms with Crippen LogP contribution >= 0.6 is 0 Å². The van der Waals surface area contributed by atoms with E-state index in [9.17, 15) is 14.7 Å². The van der Waals surface area contributed by atoms with E-state index in [-0.39, 0.29) is 19.0 Å². The zero-order chi connectivity index (χ0) is 20.8. The number of benzene rings is 2. The molecule has 1 atom stereocenters. The molecule has 2 aromatic carbocycles. The predicted molar refractivity (Wildman–Crippen MR) is 108 cm³/mol. The Morgan fingerprint density at radius 2 is 1.86 bits per heavy atom. The third kappa shape index (κ3) is 4.91. The fraction of sp³-hybridized carbons (Fsp3) is 0.286. The van der Waals surface area contributed by atoms with Crippen LogP contribution in [0.25, 0.3) is 5.69 Å². The van der Waals surface area contributed by atoms with E-state index in [1.54, 1.807) is 31.2 Å². The minimum absolute atomic E-state index is 0.113. The predicted octanol–water partition coefficient (Wildman–Crippen LogP) is 1.13. The highest BCUT2D eigenvalue weighted by Crippen LogP contribution is 2.20. The zero-order valence-electron chi connectivity index (χ0n) is 16.4. The van der Waals surface area contributed by atoms with Crippen molar-refractivity contribution >= 4 is 5.91 Å². The van der Waals surface area contributed by atoms with Crippen molar-refractivity contribution in [1.82, 2.24) is 19.7 Å². The molecule has 0 aliphatic rings. The second kappa shape index (κ2) is 9.20. The molecule has 3 rings (SSSR count). The minimum atomic E-state index is -0.671. The molecule has 152 valence electrons. The van der Waals surface area contributed by atoms with Crippen LogP contribution in [0, 0.1) is 0 Å². The molecular weight excluding hydrogens is 372 g/mol. The van der Waals surface area contributed by atoms with E-state index in [4.69, 9.17) is 4.74 Å². The van der Waals surface area contributed by atoms with Gasteiger partial charge in [0.25, 0.3) is 0 Å². The van der Waals surface area contributed by atoms with E-state index in [1.807, 2.05) is 30.3 Å². The highest BCUT2D eigenvalue weighted by molar-refractivity contribution is 5.75. The maximum atomic E-state index is 13.1. The summed E-state index contributed by atoms with van der Waals surface area (Å²) in [6.07, 6.45) is -0.280. The number of aliphatic hydroxyl groups excluding tert-OH is 1. The Morgan fingerprint density at radius 1 is 1.17 bits per heavy atom. The van der Waals surface area contributed by atoms with Gasteiger partial charge in [-0.25, -0.2) is 4.79 Å². The molecule has 0 bridgehead atoms. The molecule has 0 aliphatic heterocycles. The average Bonchev–Trinajstić information content (AvgIpc) is 3.02. The Morgan fingerprint density at radius 3 is 2.55 bits per heavy atom. The fourth-order valence-electron chi connectivity index (χ4n) is 2.93. The van der Waals surface area contributed by atoms with E-state index in [1.165, 1.54) is 16.4 Å². The molecule has 29 heavy (non-hydrogen) atoms. The second-order valence-electron chi connectivity index (χ2n) is 6.68. The van der Waals surface area contributed by atoms with Crippen molar-refractivity contribution < 1.29 is 14.6 Å². The summed E-state index contributed by atoms with van der Waals surface area (Å²) in [5.74, 6) is 0.588. The summed E-state index contributed by atoms with van der Waals surface area (Å²) < 4.78 is 7.95. The molecule has 1 amide bonds. The van der Waals surface area contributed by atoms with Gasteiger partial charge in [0.15, 0.2) is 0 Å². The van der Waals surface area contributed by atoms with E-state index < -0.39 is 11.8 Å².